The van der Waals surface area contributed by atoms with E-state index in [1.165, 1.54) is 11.7 Å². The van der Waals surface area contributed by atoms with E-state index in [9.17, 15) is 0 Å². The fraction of sp³-hybridized carbons (Fsp3) is 0.500. The molecule has 0 aliphatic rings. The van der Waals surface area contributed by atoms with Gasteiger partial charge in [-0.25, -0.2) is 4.98 Å². The Bertz CT molecular complexity index is 236. The summed E-state index contributed by atoms with van der Waals surface area (Å²) < 4.78 is 5.11. The Labute approximate surface area is 109 Å². The second kappa shape index (κ2) is 8.55. The van der Waals surface area contributed by atoms with E-state index in [0.717, 1.165) is 17.2 Å². The van der Waals surface area contributed by atoms with Crippen molar-refractivity contribution in [3.8, 4) is 0 Å². The summed E-state index contributed by atoms with van der Waals surface area (Å²) >= 11 is 2.94. The van der Waals surface area contributed by atoms with E-state index < -0.39 is 0 Å². The molecule has 1 heterocycles. The molecular formula is C6H13N2OPS2Tl. The summed E-state index contributed by atoms with van der Waals surface area (Å²) in [5.74, 6) is 0. The van der Waals surface area contributed by atoms with Crippen molar-refractivity contribution in [2.24, 2.45) is 0 Å². The van der Waals surface area contributed by atoms with Crippen LogP contribution < -0.4 is 5.32 Å². The molecule has 0 aliphatic heterocycles. The van der Waals surface area contributed by atoms with Crippen molar-refractivity contribution in [1.82, 2.24) is 10.3 Å². The Morgan fingerprint density at radius 1 is 1.77 bits per heavy atom. The van der Waals surface area contributed by atoms with E-state index in [2.05, 4.69) is 18.7 Å². The maximum absolute atomic E-state index is 5.11. The molecule has 1 atom stereocenters. The third-order valence-electron chi connectivity index (χ3n) is 1.20. The van der Waals surface area contributed by atoms with Gasteiger partial charge in [0.15, 0.2) is 0 Å². The molecule has 0 saturated carbocycles. The first-order chi connectivity index (χ1) is 5.86. The van der Waals surface area contributed by atoms with Gasteiger partial charge in [0, 0.05) is 23.6 Å². The Balaban J connectivity index is 0.00000144. The first kappa shape index (κ1) is 14.3. The minimum absolute atomic E-state index is 0. The van der Waals surface area contributed by atoms with Crippen LogP contribution in [0.1, 0.15) is 10.7 Å². The van der Waals surface area contributed by atoms with Gasteiger partial charge in [-0.3, -0.25) is 0 Å². The molecule has 1 radical (unpaired) electrons. The summed E-state index contributed by atoms with van der Waals surface area (Å²) in [6.07, 6.45) is 0. The van der Waals surface area contributed by atoms with Crippen molar-refractivity contribution < 1.29 is 4.18 Å². The third kappa shape index (κ3) is 5.64. The zero-order valence-corrected chi connectivity index (χ0v) is 18.3. The number of hydrogen-bond donors (Lipinski definition) is 1. The average Bonchev–Trinajstić information content (AvgIpc) is 2.50. The van der Waals surface area contributed by atoms with Gasteiger partial charge in [-0.1, -0.05) is 0 Å². The van der Waals surface area contributed by atoms with E-state index in [1.807, 2.05) is 12.4 Å². The SMILES string of the molecule is CNCc1nc(COSP)cs1.[TlH2]. The van der Waals surface area contributed by atoms with Crippen molar-refractivity contribution in [3.05, 3.63) is 16.1 Å². The van der Waals surface area contributed by atoms with Gasteiger partial charge in [-0.2, -0.15) is 0 Å². The third-order valence-corrected chi connectivity index (χ3v) is 2.76. The zero-order chi connectivity index (χ0) is 8.81. The summed E-state index contributed by atoms with van der Waals surface area (Å²) in [6.45, 7) is 1.41. The molecule has 0 fully saturated rings. The molecule has 0 aromatic carbocycles. The second-order valence-electron chi connectivity index (χ2n) is 2.12. The fourth-order valence-electron chi connectivity index (χ4n) is 0.742. The predicted octanol–water partition coefficient (Wildman–Crippen LogP) is 0.901. The summed E-state index contributed by atoms with van der Waals surface area (Å²) in [4.78, 5) is 4.35. The van der Waals surface area contributed by atoms with Crippen molar-refractivity contribution in [2.45, 2.75) is 13.2 Å². The van der Waals surface area contributed by atoms with Crippen LogP contribution in [0, 0.1) is 0 Å². The Morgan fingerprint density at radius 3 is 3.15 bits per heavy atom. The number of aromatic nitrogens is 1. The summed E-state index contributed by atoms with van der Waals surface area (Å²) in [5.41, 5.74) is 1.00. The first-order valence-electron chi connectivity index (χ1n) is 3.43. The molecule has 0 spiro atoms. The monoisotopic (exact) mass is 429 g/mol. The van der Waals surface area contributed by atoms with E-state index in [0.29, 0.717) is 6.61 Å². The van der Waals surface area contributed by atoms with Crippen LogP contribution >= 0.6 is 31.4 Å². The number of nitrogens with zero attached hydrogens (tertiary/aromatic N) is 1. The van der Waals surface area contributed by atoms with Crippen molar-refractivity contribution >= 4 is 58.7 Å². The summed E-state index contributed by atoms with van der Waals surface area (Å²) in [7, 11) is 4.35. The molecule has 1 unspecified atom stereocenters. The Hall–Kier alpha value is 1.25. The Morgan fingerprint density at radius 2 is 2.54 bits per heavy atom. The van der Waals surface area contributed by atoms with Crippen LogP contribution in [0.4, 0.5) is 0 Å². The van der Waals surface area contributed by atoms with E-state index in [-0.39, 0.29) is 27.3 Å². The van der Waals surface area contributed by atoms with Gasteiger partial charge in [-0.15, -0.1) is 11.3 Å². The molecule has 0 amide bonds. The van der Waals surface area contributed by atoms with Crippen molar-refractivity contribution in [3.63, 3.8) is 0 Å². The molecule has 1 aromatic heterocycles. The molecule has 3 nitrogen and oxygen atoms in total. The molecule has 13 heavy (non-hydrogen) atoms. The van der Waals surface area contributed by atoms with Crippen LogP contribution in [0.15, 0.2) is 5.38 Å². The molecule has 73 valence electrons. The van der Waals surface area contributed by atoms with Crippen molar-refractivity contribution in [1.29, 1.82) is 0 Å². The van der Waals surface area contributed by atoms with Crippen LogP contribution in [-0.2, 0) is 17.3 Å². The van der Waals surface area contributed by atoms with E-state index in [4.69, 9.17) is 4.18 Å². The molecule has 0 aliphatic carbocycles. The van der Waals surface area contributed by atoms with Gasteiger partial charge in [0.25, 0.3) is 0 Å². The number of rotatable bonds is 5. The molecule has 1 aromatic rings. The molecule has 0 bridgehead atoms. The summed E-state index contributed by atoms with van der Waals surface area (Å²) in [6, 6.07) is 0. The normalized spacial score (nSPS) is 9.69. The van der Waals surface area contributed by atoms with Gasteiger partial charge < -0.3 is 9.50 Å². The van der Waals surface area contributed by atoms with Gasteiger partial charge in [0.05, 0.1) is 5.69 Å². The topological polar surface area (TPSA) is 34.2 Å². The maximum atomic E-state index is 5.11. The molecule has 0 saturated heterocycles. The van der Waals surface area contributed by atoms with Gasteiger partial charge in [0.2, 0.25) is 0 Å². The van der Waals surface area contributed by atoms with Crippen LogP contribution in [0.25, 0.3) is 0 Å². The molecule has 1 rings (SSSR count). The van der Waals surface area contributed by atoms with Crippen LogP contribution in [0.3, 0.4) is 0 Å². The van der Waals surface area contributed by atoms with Crippen molar-refractivity contribution in [2.75, 3.05) is 7.05 Å². The molecule has 1 N–H and O–H groups in total. The number of thiazole rings is 1. The first-order valence-corrected chi connectivity index (χ1v) is 6.53. The van der Waals surface area contributed by atoms with Crippen LogP contribution in [0.2, 0.25) is 0 Å². The van der Waals surface area contributed by atoms with Crippen LogP contribution in [-0.4, -0.2) is 39.3 Å². The molecular weight excluding hydrogens is 416 g/mol. The van der Waals surface area contributed by atoms with E-state index >= 15 is 0 Å². The Kier molecular flexibility index (Phi) is 9.38. The second-order valence-corrected chi connectivity index (χ2v) is 4.07. The van der Waals surface area contributed by atoms with Gasteiger partial charge >= 0.3 is 27.3 Å². The van der Waals surface area contributed by atoms with E-state index in [1.54, 1.807) is 11.3 Å². The van der Waals surface area contributed by atoms with Gasteiger partial charge in [0.1, 0.15) is 11.6 Å². The van der Waals surface area contributed by atoms with Gasteiger partial charge in [-0.05, 0) is 15.5 Å². The fourth-order valence-corrected chi connectivity index (χ4v) is 1.93. The van der Waals surface area contributed by atoms with Crippen LogP contribution in [0.5, 0.6) is 0 Å². The number of nitrogens with one attached hydrogen (secondary N) is 1. The average molecular weight is 429 g/mol. The molecule has 7 heteroatoms. The predicted molar refractivity (Wildman–Crippen MR) is 65.5 cm³/mol. The standard InChI is InChI=1S/C6H11N2OPS2.Tl.2H/c1-7-2-6-8-5(4-11-6)3-9-12-10;;;/h4,7H,2-3,10H2,1H3;;;. The minimum atomic E-state index is 0. The summed E-state index contributed by atoms with van der Waals surface area (Å²) in [5, 5.41) is 6.17. The quantitative estimate of drug-likeness (QED) is 0.429. The zero-order valence-electron chi connectivity index (χ0n) is 7.74. The number of hydrogen-bond acceptors (Lipinski definition) is 5.